The van der Waals surface area contributed by atoms with Crippen molar-refractivity contribution < 1.29 is 9.53 Å². The highest BCUT2D eigenvalue weighted by atomic mass is 79.9. The zero-order chi connectivity index (χ0) is 20.2. The lowest BCUT2D eigenvalue weighted by molar-refractivity contribution is 0.0376. The van der Waals surface area contributed by atoms with Crippen LogP contribution in [0.3, 0.4) is 0 Å². The summed E-state index contributed by atoms with van der Waals surface area (Å²) in [5.41, 5.74) is 1.37. The van der Waals surface area contributed by atoms with Crippen molar-refractivity contribution >= 4 is 60.1 Å². The quantitative estimate of drug-likeness (QED) is 0.479. The minimum Gasteiger partial charge on any atom is -0.379 e. The molecule has 0 spiro atoms. The fraction of sp³-hybridized carbons (Fsp3) is 0.333. The molecule has 2 aromatic carbocycles. The molecule has 2 heterocycles. The number of aromatic nitrogens is 1. The molecule has 0 atom stereocenters. The first kappa shape index (κ1) is 20.8. The van der Waals surface area contributed by atoms with Gasteiger partial charge in [0.05, 0.1) is 28.5 Å². The number of thiazole rings is 1. The molecule has 0 saturated carbocycles. The Kier molecular flexibility index (Phi) is 6.82. The fourth-order valence-electron chi connectivity index (χ4n) is 3.36. The van der Waals surface area contributed by atoms with Gasteiger partial charge < -0.3 is 4.74 Å². The molecule has 3 aromatic rings. The van der Waals surface area contributed by atoms with Crippen LogP contribution in [0.2, 0.25) is 5.02 Å². The summed E-state index contributed by atoms with van der Waals surface area (Å²) in [7, 11) is 0. The summed E-state index contributed by atoms with van der Waals surface area (Å²) >= 11 is 11.3. The van der Waals surface area contributed by atoms with Crippen molar-refractivity contribution in [3.8, 4) is 0 Å². The van der Waals surface area contributed by atoms with Crippen molar-refractivity contribution in [3.05, 3.63) is 57.5 Å². The number of hydrogen-bond acceptors (Lipinski definition) is 5. The van der Waals surface area contributed by atoms with Gasteiger partial charge in [0.2, 0.25) is 0 Å². The van der Waals surface area contributed by atoms with Gasteiger partial charge >= 0.3 is 0 Å². The summed E-state index contributed by atoms with van der Waals surface area (Å²) < 4.78 is 7.18. The van der Waals surface area contributed by atoms with E-state index in [2.05, 4.69) is 20.8 Å². The third-order valence-corrected chi connectivity index (χ3v) is 6.94. The number of hydrogen-bond donors (Lipinski definition) is 0. The molecule has 1 aromatic heterocycles. The predicted octanol–water partition coefficient (Wildman–Crippen LogP) is 5.08. The Bertz CT molecular complexity index is 1010. The number of carbonyl (C=O) groups excluding carboxylic acids is 1. The van der Waals surface area contributed by atoms with Gasteiger partial charge in [-0.25, -0.2) is 4.98 Å². The predicted molar refractivity (Wildman–Crippen MR) is 122 cm³/mol. The molecule has 8 heteroatoms. The lowest BCUT2D eigenvalue weighted by Gasteiger charge is -2.27. The van der Waals surface area contributed by atoms with E-state index in [0.717, 1.165) is 54.0 Å². The van der Waals surface area contributed by atoms with E-state index in [1.807, 2.05) is 42.5 Å². The molecule has 5 nitrogen and oxygen atoms in total. The van der Waals surface area contributed by atoms with E-state index >= 15 is 0 Å². The molecule has 0 N–H and O–H groups in total. The van der Waals surface area contributed by atoms with Crippen LogP contribution in [0.5, 0.6) is 0 Å². The van der Waals surface area contributed by atoms with Gasteiger partial charge in [-0.15, -0.1) is 0 Å². The molecule has 1 saturated heterocycles. The smallest absolute Gasteiger partial charge is 0.261 e. The SMILES string of the molecule is O=C(c1ccccc1Br)N(CCCN1CCOCC1)c1nc2c(Cl)cccc2s1. The molecule has 1 fully saturated rings. The molecule has 4 rings (SSSR count). The van der Waals surface area contributed by atoms with E-state index in [1.54, 1.807) is 4.90 Å². The summed E-state index contributed by atoms with van der Waals surface area (Å²) in [6, 6.07) is 13.2. The highest BCUT2D eigenvalue weighted by molar-refractivity contribution is 9.10. The van der Waals surface area contributed by atoms with Crippen molar-refractivity contribution in [3.63, 3.8) is 0 Å². The van der Waals surface area contributed by atoms with Crippen LogP contribution in [-0.2, 0) is 4.74 Å². The standard InChI is InChI=1S/C21H21BrClN3O2S/c22-16-6-2-1-5-15(16)20(27)26(10-4-9-25-11-13-28-14-12-25)21-24-19-17(23)7-3-8-18(19)29-21/h1-3,5-8H,4,9-14H2. The van der Waals surface area contributed by atoms with Crippen LogP contribution in [0.1, 0.15) is 16.8 Å². The summed E-state index contributed by atoms with van der Waals surface area (Å²) in [5, 5.41) is 1.28. The van der Waals surface area contributed by atoms with Gasteiger partial charge in [0.1, 0.15) is 5.52 Å². The molecular formula is C21H21BrClN3O2S. The zero-order valence-electron chi connectivity index (χ0n) is 15.8. The monoisotopic (exact) mass is 493 g/mol. The normalized spacial score (nSPS) is 15.0. The third kappa shape index (κ3) is 4.81. The number of rotatable bonds is 6. The van der Waals surface area contributed by atoms with Gasteiger partial charge in [-0.05, 0) is 46.6 Å². The average molecular weight is 495 g/mol. The van der Waals surface area contributed by atoms with Crippen LogP contribution in [0.15, 0.2) is 46.9 Å². The summed E-state index contributed by atoms with van der Waals surface area (Å²) in [4.78, 5) is 22.3. The van der Waals surface area contributed by atoms with Crippen LogP contribution in [0.4, 0.5) is 5.13 Å². The van der Waals surface area contributed by atoms with Crippen LogP contribution < -0.4 is 4.90 Å². The number of benzene rings is 2. The van der Waals surface area contributed by atoms with E-state index in [0.29, 0.717) is 22.3 Å². The molecule has 0 bridgehead atoms. The average Bonchev–Trinajstić information content (AvgIpc) is 3.17. The van der Waals surface area contributed by atoms with Crippen molar-refractivity contribution in [1.82, 2.24) is 9.88 Å². The second-order valence-corrected chi connectivity index (χ2v) is 9.10. The maximum atomic E-state index is 13.4. The Labute approximate surface area is 187 Å². The maximum Gasteiger partial charge on any atom is 0.261 e. The van der Waals surface area contributed by atoms with E-state index in [-0.39, 0.29) is 5.91 Å². The molecule has 29 heavy (non-hydrogen) atoms. The molecular weight excluding hydrogens is 474 g/mol. The highest BCUT2D eigenvalue weighted by Gasteiger charge is 2.23. The Morgan fingerprint density at radius 3 is 2.76 bits per heavy atom. The first-order valence-corrected chi connectivity index (χ1v) is 11.5. The number of morpholine rings is 1. The van der Waals surface area contributed by atoms with Crippen LogP contribution >= 0.6 is 38.9 Å². The minimum atomic E-state index is -0.0605. The lowest BCUT2D eigenvalue weighted by atomic mass is 10.2. The summed E-state index contributed by atoms with van der Waals surface area (Å²) in [6.45, 7) is 4.94. The molecule has 0 radical (unpaired) electrons. The number of para-hydroxylation sites is 1. The number of carbonyl (C=O) groups is 1. The largest absolute Gasteiger partial charge is 0.379 e. The summed E-state index contributed by atoms with van der Waals surface area (Å²) in [6.07, 6.45) is 0.861. The Morgan fingerprint density at radius 2 is 2.00 bits per heavy atom. The molecule has 1 amide bonds. The molecule has 0 aliphatic carbocycles. The highest BCUT2D eigenvalue weighted by Crippen LogP contribution is 2.34. The number of anilines is 1. The number of ether oxygens (including phenoxy) is 1. The fourth-order valence-corrected chi connectivity index (χ4v) is 5.10. The number of amides is 1. The van der Waals surface area contributed by atoms with Gasteiger partial charge in [-0.2, -0.15) is 0 Å². The number of fused-ring (bicyclic) bond motifs is 1. The van der Waals surface area contributed by atoms with Gasteiger partial charge in [0.15, 0.2) is 5.13 Å². The topological polar surface area (TPSA) is 45.7 Å². The Morgan fingerprint density at radius 1 is 1.21 bits per heavy atom. The molecule has 1 aliphatic rings. The molecule has 1 aliphatic heterocycles. The van der Waals surface area contributed by atoms with Crippen molar-refractivity contribution in [1.29, 1.82) is 0 Å². The van der Waals surface area contributed by atoms with E-state index in [4.69, 9.17) is 21.3 Å². The van der Waals surface area contributed by atoms with Crippen molar-refractivity contribution in [2.75, 3.05) is 44.3 Å². The second kappa shape index (κ2) is 9.53. The maximum absolute atomic E-state index is 13.4. The lowest BCUT2D eigenvalue weighted by Crippen LogP contribution is -2.39. The van der Waals surface area contributed by atoms with Gasteiger partial charge in [0.25, 0.3) is 5.91 Å². The van der Waals surface area contributed by atoms with Crippen LogP contribution in [0, 0.1) is 0 Å². The Balaban J connectivity index is 1.59. The van der Waals surface area contributed by atoms with Gasteiger partial charge in [-0.1, -0.05) is 41.1 Å². The molecule has 0 unspecified atom stereocenters. The minimum absolute atomic E-state index is 0.0605. The van der Waals surface area contributed by atoms with E-state index in [9.17, 15) is 4.79 Å². The summed E-state index contributed by atoms with van der Waals surface area (Å²) in [5.74, 6) is -0.0605. The molecule has 152 valence electrons. The first-order valence-electron chi connectivity index (χ1n) is 9.55. The van der Waals surface area contributed by atoms with Crippen LogP contribution in [-0.4, -0.2) is 55.2 Å². The van der Waals surface area contributed by atoms with Gasteiger partial charge in [0, 0.05) is 30.7 Å². The van der Waals surface area contributed by atoms with Crippen LogP contribution in [0.25, 0.3) is 10.2 Å². The van der Waals surface area contributed by atoms with E-state index in [1.165, 1.54) is 11.3 Å². The second-order valence-electron chi connectivity index (χ2n) is 6.83. The van der Waals surface area contributed by atoms with Crippen molar-refractivity contribution in [2.45, 2.75) is 6.42 Å². The number of nitrogens with zero attached hydrogens (tertiary/aromatic N) is 3. The van der Waals surface area contributed by atoms with Gasteiger partial charge in [-0.3, -0.25) is 14.6 Å². The number of halogens is 2. The Hall–Kier alpha value is -1.51. The zero-order valence-corrected chi connectivity index (χ0v) is 19.0. The first-order chi connectivity index (χ1) is 14.1. The van der Waals surface area contributed by atoms with Crippen molar-refractivity contribution in [2.24, 2.45) is 0 Å². The van der Waals surface area contributed by atoms with E-state index < -0.39 is 0 Å². The third-order valence-electron chi connectivity index (χ3n) is 4.90.